The molecule has 0 fully saturated rings. The fourth-order valence-corrected chi connectivity index (χ4v) is 3.77. The number of amides is 1. The molecule has 0 bridgehead atoms. The van der Waals surface area contributed by atoms with Crippen LogP contribution in [0.25, 0.3) is 0 Å². The number of rotatable bonds is 6. The number of benzene rings is 1. The number of esters is 1. The summed E-state index contributed by atoms with van der Waals surface area (Å²) in [6.45, 7) is 13.4. The molecule has 0 aromatic heterocycles. The van der Waals surface area contributed by atoms with E-state index in [9.17, 15) is 14.4 Å². The highest BCUT2D eigenvalue weighted by atomic mass is 32.2. The second-order valence-corrected chi connectivity index (χ2v) is 9.07. The Bertz CT molecular complexity index is 722. The van der Waals surface area contributed by atoms with Crippen LogP contribution in [0, 0.1) is 26.2 Å². The predicted octanol–water partition coefficient (Wildman–Crippen LogP) is 4.20. The number of methoxy groups -OCH3 is 1. The summed E-state index contributed by atoms with van der Waals surface area (Å²) in [5, 5.41) is -0.0285. The van der Waals surface area contributed by atoms with Crippen molar-refractivity contribution in [2.24, 2.45) is 5.41 Å². The number of anilines is 1. The Hall–Kier alpha value is -1.82. The molecule has 1 unspecified atom stereocenters. The molecule has 1 amide bonds. The van der Waals surface area contributed by atoms with Gasteiger partial charge in [-0.25, -0.2) is 4.79 Å². The fourth-order valence-electron chi connectivity index (χ4n) is 2.81. The Morgan fingerprint density at radius 3 is 2.19 bits per heavy atom. The Kier molecular flexibility index (Phi) is 8.08. The van der Waals surface area contributed by atoms with Gasteiger partial charge in [0.25, 0.3) is 0 Å². The number of aryl methyl sites for hydroxylation is 2. The lowest BCUT2D eigenvalue weighted by molar-refractivity contribution is -0.142. The maximum Gasteiger partial charge on any atom is 0.328 e. The van der Waals surface area contributed by atoms with Crippen molar-refractivity contribution in [3.05, 3.63) is 28.8 Å². The number of hydrogen-bond acceptors (Lipinski definition) is 5. The monoisotopic (exact) mass is 393 g/mol. The van der Waals surface area contributed by atoms with E-state index in [2.05, 4.69) is 0 Å². The van der Waals surface area contributed by atoms with Gasteiger partial charge in [0.1, 0.15) is 6.04 Å². The Morgan fingerprint density at radius 1 is 1.11 bits per heavy atom. The molecule has 27 heavy (non-hydrogen) atoms. The molecule has 0 aliphatic rings. The molecule has 150 valence electrons. The second kappa shape index (κ2) is 9.40. The van der Waals surface area contributed by atoms with Crippen LogP contribution in [0.15, 0.2) is 12.1 Å². The van der Waals surface area contributed by atoms with Gasteiger partial charge in [0.05, 0.1) is 18.6 Å². The maximum atomic E-state index is 13.0. The number of thioether (sulfide) groups is 1. The minimum atomic E-state index is -0.778. The van der Waals surface area contributed by atoms with Crippen LogP contribution in [0.4, 0.5) is 5.69 Å². The van der Waals surface area contributed by atoms with Gasteiger partial charge in [-0.15, -0.1) is 0 Å². The van der Waals surface area contributed by atoms with Crippen LogP contribution in [0.3, 0.4) is 0 Å². The number of carbonyl (C=O) groups is 3. The lowest BCUT2D eigenvalue weighted by Gasteiger charge is -2.31. The lowest BCUT2D eigenvalue weighted by Crippen LogP contribution is -2.46. The molecule has 0 radical (unpaired) electrons. The van der Waals surface area contributed by atoms with E-state index in [0.29, 0.717) is 12.1 Å². The first-order valence-corrected chi connectivity index (χ1v) is 10.00. The Balaban J connectivity index is 3.17. The molecule has 0 heterocycles. The van der Waals surface area contributed by atoms with E-state index in [1.807, 2.05) is 53.7 Å². The largest absolute Gasteiger partial charge is 0.467 e. The summed E-state index contributed by atoms with van der Waals surface area (Å²) in [5.41, 5.74) is 3.44. The summed E-state index contributed by atoms with van der Waals surface area (Å²) in [4.78, 5) is 38.9. The first-order chi connectivity index (χ1) is 12.4. The smallest absolute Gasteiger partial charge is 0.328 e. The van der Waals surface area contributed by atoms with Crippen LogP contribution in [0.1, 0.15) is 50.8 Å². The van der Waals surface area contributed by atoms with E-state index in [1.54, 1.807) is 6.92 Å². The van der Waals surface area contributed by atoms with Crippen molar-refractivity contribution in [1.82, 2.24) is 0 Å². The predicted molar refractivity (Wildman–Crippen MR) is 111 cm³/mol. The van der Waals surface area contributed by atoms with E-state index in [4.69, 9.17) is 4.74 Å². The van der Waals surface area contributed by atoms with Crippen molar-refractivity contribution in [2.75, 3.05) is 17.8 Å². The summed E-state index contributed by atoms with van der Waals surface area (Å²) in [6, 6.07) is 3.14. The molecular weight excluding hydrogens is 362 g/mol. The van der Waals surface area contributed by atoms with Gasteiger partial charge in [-0.1, -0.05) is 44.7 Å². The zero-order chi connectivity index (χ0) is 20.9. The van der Waals surface area contributed by atoms with Crippen molar-refractivity contribution in [2.45, 2.75) is 60.9 Å². The molecule has 0 aliphatic heterocycles. The topological polar surface area (TPSA) is 63.7 Å². The van der Waals surface area contributed by atoms with Crippen LogP contribution < -0.4 is 4.90 Å². The van der Waals surface area contributed by atoms with Crippen LogP contribution in [0.5, 0.6) is 0 Å². The van der Waals surface area contributed by atoms with Crippen LogP contribution in [-0.4, -0.2) is 35.9 Å². The third-order valence-electron chi connectivity index (χ3n) is 4.37. The zero-order valence-corrected chi connectivity index (χ0v) is 18.5. The molecular formula is C21H31NO4S. The third-order valence-corrected chi connectivity index (χ3v) is 5.23. The van der Waals surface area contributed by atoms with Gasteiger partial charge in [0, 0.05) is 6.42 Å². The minimum absolute atomic E-state index is 0.0108. The molecule has 1 atom stereocenters. The Morgan fingerprint density at radius 2 is 1.67 bits per heavy atom. The number of nitrogens with zero attached hydrogens (tertiary/aromatic N) is 1. The normalized spacial score (nSPS) is 12.4. The Labute approximate surface area is 166 Å². The van der Waals surface area contributed by atoms with E-state index in [0.717, 1.165) is 28.5 Å². The fraction of sp³-hybridized carbons (Fsp3) is 0.571. The highest BCUT2D eigenvalue weighted by Gasteiger charge is 2.31. The number of hydrogen-bond donors (Lipinski definition) is 0. The molecule has 1 rings (SSSR count). The van der Waals surface area contributed by atoms with Gasteiger partial charge in [-0.05, 0) is 49.8 Å². The van der Waals surface area contributed by atoms with Crippen LogP contribution in [0.2, 0.25) is 0 Å². The highest BCUT2D eigenvalue weighted by Crippen LogP contribution is 2.30. The van der Waals surface area contributed by atoms with Crippen molar-refractivity contribution in [1.29, 1.82) is 0 Å². The van der Waals surface area contributed by atoms with Crippen molar-refractivity contribution < 1.29 is 19.1 Å². The molecule has 1 aromatic rings. The average Bonchev–Trinajstić information content (AvgIpc) is 2.57. The van der Waals surface area contributed by atoms with Crippen LogP contribution >= 0.6 is 11.8 Å². The quantitative estimate of drug-likeness (QED) is 0.678. The van der Waals surface area contributed by atoms with E-state index >= 15 is 0 Å². The molecule has 1 aromatic carbocycles. The summed E-state index contributed by atoms with van der Waals surface area (Å²) < 4.78 is 4.86. The van der Waals surface area contributed by atoms with Crippen molar-refractivity contribution in [3.63, 3.8) is 0 Å². The lowest BCUT2D eigenvalue weighted by atomic mass is 9.93. The summed E-state index contributed by atoms with van der Waals surface area (Å²) in [5.74, 6) is -0.782. The molecule has 0 aliphatic carbocycles. The van der Waals surface area contributed by atoms with Gasteiger partial charge in [0.15, 0.2) is 5.12 Å². The highest BCUT2D eigenvalue weighted by molar-refractivity contribution is 8.14. The van der Waals surface area contributed by atoms with E-state index < -0.39 is 12.0 Å². The first kappa shape index (κ1) is 23.2. The minimum Gasteiger partial charge on any atom is -0.467 e. The molecule has 6 heteroatoms. The van der Waals surface area contributed by atoms with Crippen LogP contribution in [-0.2, 0) is 19.1 Å². The van der Waals surface area contributed by atoms with Gasteiger partial charge < -0.3 is 4.74 Å². The molecule has 5 nitrogen and oxygen atoms in total. The standard InChI is InChI=1S/C21H31NO4S/c1-13-9-10-14(2)19(15(13)3)22(16(4)20(25)26-8)17(23)12-27-18(24)11-21(5,6)7/h9-10,16H,11-12H2,1-8H3. The molecule has 0 saturated carbocycles. The van der Waals surface area contributed by atoms with E-state index in [1.165, 1.54) is 12.0 Å². The molecule has 0 N–H and O–H groups in total. The summed E-state index contributed by atoms with van der Waals surface area (Å²) in [7, 11) is 1.30. The summed E-state index contributed by atoms with van der Waals surface area (Å²) >= 11 is 1.00. The van der Waals surface area contributed by atoms with Crippen molar-refractivity contribution in [3.8, 4) is 0 Å². The molecule has 0 spiro atoms. The summed E-state index contributed by atoms with van der Waals surface area (Å²) in [6.07, 6.45) is 0.389. The van der Waals surface area contributed by atoms with E-state index in [-0.39, 0.29) is 22.2 Å². The van der Waals surface area contributed by atoms with Gasteiger partial charge in [-0.3, -0.25) is 14.5 Å². The second-order valence-electron chi connectivity index (χ2n) is 8.03. The SMILES string of the molecule is COC(=O)C(C)N(C(=O)CSC(=O)CC(C)(C)C)c1c(C)ccc(C)c1C. The van der Waals surface area contributed by atoms with Crippen molar-refractivity contribution >= 4 is 34.4 Å². The average molecular weight is 394 g/mol. The zero-order valence-electron chi connectivity index (χ0n) is 17.6. The third kappa shape index (κ3) is 6.38. The first-order valence-electron chi connectivity index (χ1n) is 9.01. The number of ether oxygens (including phenoxy) is 1. The van der Waals surface area contributed by atoms with Gasteiger partial charge in [-0.2, -0.15) is 0 Å². The molecule has 0 saturated heterocycles. The number of carbonyl (C=O) groups excluding carboxylic acids is 3. The van der Waals surface area contributed by atoms with Gasteiger partial charge >= 0.3 is 5.97 Å². The van der Waals surface area contributed by atoms with Gasteiger partial charge in [0.2, 0.25) is 5.91 Å². The maximum absolute atomic E-state index is 13.0.